The van der Waals surface area contributed by atoms with E-state index < -0.39 is 0 Å². The van der Waals surface area contributed by atoms with E-state index in [1.807, 2.05) is 0 Å². The van der Waals surface area contributed by atoms with Gasteiger partial charge in [-0.15, -0.1) is 10.2 Å². The van der Waals surface area contributed by atoms with E-state index in [1.54, 1.807) is 12.1 Å². The summed E-state index contributed by atoms with van der Waals surface area (Å²) in [7, 11) is 0. The maximum absolute atomic E-state index is 13.5. The van der Waals surface area contributed by atoms with Gasteiger partial charge in [-0.3, -0.25) is 4.79 Å². The van der Waals surface area contributed by atoms with Gasteiger partial charge in [0.05, 0.1) is 5.75 Å². The molecule has 29 heavy (non-hydrogen) atoms. The molecule has 1 aromatic carbocycles. The van der Waals surface area contributed by atoms with Gasteiger partial charge in [0.1, 0.15) is 12.1 Å². The third-order valence-corrected chi connectivity index (χ3v) is 7.94. The van der Waals surface area contributed by atoms with Gasteiger partial charge in [0.2, 0.25) is 11.1 Å². The molecule has 2 aromatic rings. The van der Waals surface area contributed by atoms with Gasteiger partial charge in [0.15, 0.2) is 0 Å². The maximum Gasteiger partial charge on any atom is 0.233 e. The van der Waals surface area contributed by atoms with Crippen LogP contribution in [0.15, 0.2) is 35.7 Å². The summed E-state index contributed by atoms with van der Waals surface area (Å²) in [5.41, 5.74) is 0.916. The first-order chi connectivity index (χ1) is 14.0. The third kappa shape index (κ3) is 3.63. The number of hydrogen-bond acceptors (Lipinski definition) is 5. The molecule has 0 radical (unpaired) electrons. The molecular formula is C21H26FN5OS. The zero-order valence-corrected chi connectivity index (χ0v) is 17.2. The Balaban J connectivity index is 1.40. The van der Waals surface area contributed by atoms with Crippen LogP contribution in [0, 0.1) is 23.6 Å². The molecule has 0 spiro atoms. The summed E-state index contributed by atoms with van der Waals surface area (Å²) in [4.78, 5) is 15.6. The van der Waals surface area contributed by atoms with Gasteiger partial charge in [-0.2, -0.15) is 0 Å². The minimum atomic E-state index is -0.251. The fraction of sp³-hybridized carbons (Fsp3) is 0.571. The highest BCUT2D eigenvalue weighted by Gasteiger charge is 2.54. The van der Waals surface area contributed by atoms with Gasteiger partial charge in [-0.05, 0) is 74.0 Å². The Kier molecular flexibility index (Phi) is 4.76. The monoisotopic (exact) mass is 415 g/mol. The van der Waals surface area contributed by atoms with Crippen LogP contribution in [0.1, 0.15) is 44.1 Å². The molecule has 0 saturated heterocycles. The van der Waals surface area contributed by atoms with Crippen LogP contribution >= 0.6 is 11.8 Å². The van der Waals surface area contributed by atoms with E-state index in [0.717, 1.165) is 42.6 Å². The number of hydrogen-bond donors (Lipinski definition) is 1. The van der Waals surface area contributed by atoms with Crippen LogP contribution in [0.4, 0.5) is 4.39 Å². The molecule has 4 saturated carbocycles. The van der Waals surface area contributed by atoms with Gasteiger partial charge in [0, 0.05) is 12.1 Å². The predicted molar refractivity (Wildman–Crippen MR) is 109 cm³/mol. The van der Waals surface area contributed by atoms with E-state index in [0.29, 0.717) is 11.7 Å². The van der Waals surface area contributed by atoms with Crippen molar-refractivity contribution < 1.29 is 9.18 Å². The molecule has 8 heteroatoms. The van der Waals surface area contributed by atoms with Gasteiger partial charge in [-0.25, -0.2) is 9.07 Å². The van der Waals surface area contributed by atoms with Gasteiger partial charge in [0.25, 0.3) is 0 Å². The third-order valence-electron chi connectivity index (χ3n) is 7.00. The molecule has 2 N–H and O–H groups in total. The van der Waals surface area contributed by atoms with E-state index in [1.165, 1.54) is 54.2 Å². The first-order valence-corrected chi connectivity index (χ1v) is 11.3. The number of halogens is 1. The zero-order valence-electron chi connectivity index (χ0n) is 16.3. The Labute approximate surface area is 174 Å². The van der Waals surface area contributed by atoms with Crippen molar-refractivity contribution in [2.24, 2.45) is 17.8 Å². The highest BCUT2D eigenvalue weighted by molar-refractivity contribution is 7.99. The fourth-order valence-electron chi connectivity index (χ4n) is 6.23. The van der Waals surface area contributed by atoms with E-state index in [9.17, 15) is 9.18 Å². The Morgan fingerprint density at radius 2 is 1.79 bits per heavy atom. The highest BCUT2D eigenvalue weighted by atomic mass is 32.2. The molecular weight excluding hydrogens is 389 g/mol. The smallest absolute Gasteiger partial charge is 0.233 e. The number of nitrogens with zero attached hydrogens (tertiary/aromatic N) is 4. The van der Waals surface area contributed by atoms with Crippen LogP contribution in [0.3, 0.4) is 0 Å². The number of carbonyl (C=O) groups excluding carboxylic acids is 1. The SMILES string of the molecule is Nn1cnnc1SCC(=O)N(Cc1ccc(F)cc1)C12CC3CC(CC(C3)C1)C2. The number of amides is 1. The highest BCUT2D eigenvalue weighted by Crippen LogP contribution is 2.58. The van der Waals surface area contributed by atoms with Gasteiger partial charge in [-0.1, -0.05) is 23.9 Å². The lowest BCUT2D eigenvalue weighted by atomic mass is 9.52. The van der Waals surface area contributed by atoms with Crippen LogP contribution in [0.25, 0.3) is 0 Å². The number of nitrogen functional groups attached to an aromatic ring is 1. The molecule has 154 valence electrons. The van der Waals surface area contributed by atoms with Crippen LogP contribution in [-0.2, 0) is 11.3 Å². The van der Waals surface area contributed by atoms with Crippen molar-refractivity contribution in [2.45, 2.75) is 55.8 Å². The first kappa shape index (κ1) is 18.9. The number of benzene rings is 1. The summed E-state index contributed by atoms with van der Waals surface area (Å²) in [5.74, 6) is 8.15. The largest absolute Gasteiger partial charge is 0.336 e. The molecule has 4 aliphatic rings. The maximum atomic E-state index is 13.5. The minimum absolute atomic E-state index is 0.0584. The van der Waals surface area contributed by atoms with Crippen molar-refractivity contribution >= 4 is 17.7 Å². The van der Waals surface area contributed by atoms with E-state index in [-0.39, 0.29) is 23.0 Å². The molecule has 6 nitrogen and oxygen atoms in total. The second-order valence-corrected chi connectivity index (χ2v) is 10.0. The van der Waals surface area contributed by atoms with E-state index in [4.69, 9.17) is 5.84 Å². The Bertz CT molecular complexity index is 863. The number of rotatable bonds is 6. The second-order valence-electron chi connectivity index (χ2n) is 9.06. The lowest BCUT2D eigenvalue weighted by Crippen LogP contribution is -2.61. The lowest BCUT2D eigenvalue weighted by molar-refractivity contribution is -0.149. The normalized spacial score (nSPS) is 29.9. The number of aromatic nitrogens is 3. The van der Waals surface area contributed by atoms with Crippen molar-refractivity contribution in [1.82, 2.24) is 19.8 Å². The minimum Gasteiger partial charge on any atom is -0.336 e. The van der Waals surface area contributed by atoms with E-state index in [2.05, 4.69) is 15.1 Å². The van der Waals surface area contributed by atoms with Crippen LogP contribution in [-0.4, -0.2) is 37.0 Å². The number of nitrogens with two attached hydrogens (primary N) is 1. The molecule has 4 fully saturated rings. The Morgan fingerprint density at radius 3 is 2.34 bits per heavy atom. The van der Waals surface area contributed by atoms with Crippen molar-refractivity contribution in [1.29, 1.82) is 0 Å². The average molecular weight is 416 g/mol. The van der Waals surface area contributed by atoms with Crippen LogP contribution in [0.5, 0.6) is 0 Å². The number of carbonyl (C=O) groups is 1. The molecule has 4 aliphatic carbocycles. The average Bonchev–Trinajstić information content (AvgIpc) is 3.09. The van der Waals surface area contributed by atoms with Crippen LogP contribution in [0.2, 0.25) is 0 Å². The topological polar surface area (TPSA) is 77.0 Å². The summed E-state index contributed by atoms with van der Waals surface area (Å²) in [5, 5.41) is 8.29. The van der Waals surface area contributed by atoms with Crippen molar-refractivity contribution in [3.63, 3.8) is 0 Å². The molecule has 4 bridgehead atoms. The molecule has 1 heterocycles. The molecule has 6 rings (SSSR count). The second kappa shape index (κ2) is 7.31. The summed E-state index contributed by atoms with van der Waals surface area (Å²) >= 11 is 1.32. The molecule has 0 aliphatic heterocycles. The summed E-state index contributed by atoms with van der Waals surface area (Å²) in [6.07, 6.45) is 8.70. The van der Waals surface area contributed by atoms with Crippen molar-refractivity contribution in [2.75, 3.05) is 11.6 Å². The predicted octanol–water partition coefficient (Wildman–Crippen LogP) is 3.22. The molecule has 1 amide bonds. The standard InChI is InChI=1S/C21H26FN5OS/c22-18-3-1-14(2-4-18)11-26(19(28)12-29-20-25-24-13-27(20)23)21-8-15-5-16(9-21)7-17(6-15)10-21/h1-4,13,15-17H,5-12,23H2. The lowest BCUT2D eigenvalue weighted by Gasteiger charge is -2.60. The van der Waals surface area contributed by atoms with Gasteiger partial charge < -0.3 is 10.7 Å². The van der Waals surface area contributed by atoms with Crippen LogP contribution < -0.4 is 5.84 Å². The summed E-state index contributed by atoms with van der Waals surface area (Å²) < 4.78 is 14.7. The molecule has 0 unspecified atom stereocenters. The molecule has 0 atom stereocenters. The summed E-state index contributed by atoms with van der Waals surface area (Å²) in [6, 6.07) is 6.53. The van der Waals surface area contributed by atoms with E-state index >= 15 is 0 Å². The Hall–Kier alpha value is -2.09. The zero-order chi connectivity index (χ0) is 20.0. The van der Waals surface area contributed by atoms with Gasteiger partial charge >= 0.3 is 0 Å². The summed E-state index contributed by atoms with van der Waals surface area (Å²) in [6.45, 7) is 0.529. The first-order valence-electron chi connectivity index (χ1n) is 10.3. The fourth-order valence-corrected chi connectivity index (χ4v) is 6.94. The Morgan fingerprint density at radius 1 is 1.17 bits per heavy atom. The molecule has 1 aromatic heterocycles. The number of thioether (sulfide) groups is 1. The quantitative estimate of drug-likeness (QED) is 0.579. The van der Waals surface area contributed by atoms with Crippen molar-refractivity contribution in [3.05, 3.63) is 42.0 Å². The van der Waals surface area contributed by atoms with Crippen molar-refractivity contribution in [3.8, 4) is 0 Å².